The van der Waals surface area contributed by atoms with E-state index in [9.17, 15) is 18.0 Å². The van der Waals surface area contributed by atoms with Crippen LogP contribution in [0, 0.1) is 25.6 Å². The van der Waals surface area contributed by atoms with Gasteiger partial charge in [-0.15, -0.1) is 0 Å². The molecule has 0 saturated heterocycles. The lowest BCUT2D eigenvalue weighted by Crippen LogP contribution is -2.26. The largest absolute Gasteiger partial charge is 0.407 e. The van der Waals surface area contributed by atoms with Crippen molar-refractivity contribution in [1.29, 1.82) is 0 Å². The van der Waals surface area contributed by atoms with Crippen molar-refractivity contribution in [3.63, 3.8) is 0 Å². The molecule has 188 valence electrons. The van der Waals surface area contributed by atoms with Crippen molar-refractivity contribution in [2.24, 2.45) is 18.1 Å². The van der Waals surface area contributed by atoms with Crippen LogP contribution >= 0.6 is 0 Å². The van der Waals surface area contributed by atoms with E-state index in [1.54, 1.807) is 14.0 Å². The number of esters is 1. The van der Waals surface area contributed by atoms with Crippen LogP contribution in [0.25, 0.3) is 0 Å². The van der Waals surface area contributed by atoms with Crippen molar-refractivity contribution in [3.8, 4) is 5.88 Å². The third-order valence-electron chi connectivity index (χ3n) is 6.68. The Bertz CT molecular complexity index is 1340. The topological polar surface area (TPSA) is 117 Å². The third-order valence-corrected chi connectivity index (χ3v) is 8.44. The fourth-order valence-corrected chi connectivity index (χ4v) is 6.54. The van der Waals surface area contributed by atoms with E-state index in [-0.39, 0.29) is 51.9 Å². The molecule has 2 heterocycles. The molecular weight excluding hydrogens is 477 g/mol. The summed E-state index contributed by atoms with van der Waals surface area (Å²) < 4.78 is 47.5. The summed E-state index contributed by atoms with van der Waals surface area (Å²) >= 11 is 0. The molecule has 1 saturated carbocycles. The monoisotopic (exact) mass is 505 g/mol. The molecule has 2 aromatic rings. The molecule has 11 heteroatoms. The first-order chi connectivity index (χ1) is 16.6. The van der Waals surface area contributed by atoms with Gasteiger partial charge in [-0.1, -0.05) is 24.4 Å². The van der Waals surface area contributed by atoms with Gasteiger partial charge in [0.25, 0.3) is 0 Å². The van der Waals surface area contributed by atoms with Crippen molar-refractivity contribution in [3.05, 3.63) is 39.8 Å². The van der Waals surface area contributed by atoms with Crippen molar-refractivity contribution in [2.45, 2.75) is 57.3 Å². The molecular formula is C24H28FN3O6S. The lowest BCUT2D eigenvalue weighted by atomic mass is 9.89. The zero-order valence-electron chi connectivity index (χ0n) is 20.2. The van der Waals surface area contributed by atoms with Gasteiger partial charge in [-0.2, -0.15) is 5.10 Å². The quantitative estimate of drug-likeness (QED) is 0.347. The highest BCUT2D eigenvalue weighted by Gasteiger charge is 2.36. The molecule has 2 aliphatic rings. The Hall–Kier alpha value is -3.08. The number of benzene rings is 1. The molecule has 0 unspecified atom stereocenters. The summed E-state index contributed by atoms with van der Waals surface area (Å²) in [6, 6.07) is 0.920. The van der Waals surface area contributed by atoms with Crippen LogP contribution in [-0.4, -0.2) is 48.5 Å². The maximum Gasteiger partial charge on any atom is 0.315 e. The number of sulfone groups is 1. The van der Waals surface area contributed by atoms with Crippen LogP contribution in [0.3, 0.4) is 0 Å². The van der Waals surface area contributed by atoms with E-state index in [0.29, 0.717) is 5.69 Å². The summed E-state index contributed by atoms with van der Waals surface area (Å²) in [7, 11) is -1.04. The number of hydrogen-bond donors (Lipinski definition) is 0. The number of ketones is 1. The van der Waals surface area contributed by atoms with Gasteiger partial charge in [-0.05, 0) is 38.3 Å². The van der Waals surface area contributed by atoms with Gasteiger partial charge in [-0.3, -0.25) is 9.59 Å². The van der Waals surface area contributed by atoms with Crippen LogP contribution in [0.5, 0.6) is 5.88 Å². The second-order valence-corrected chi connectivity index (χ2v) is 11.0. The molecule has 35 heavy (non-hydrogen) atoms. The average Bonchev–Trinajstić information content (AvgIpc) is 3.09. The minimum absolute atomic E-state index is 0.0148. The second-order valence-electron chi connectivity index (χ2n) is 9.00. The summed E-state index contributed by atoms with van der Waals surface area (Å²) in [5.74, 6) is -2.66. The van der Waals surface area contributed by atoms with Gasteiger partial charge in [0.1, 0.15) is 23.4 Å². The third kappa shape index (κ3) is 4.49. The van der Waals surface area contributed by atoms with Gasteiger partial charge in [-0.25, -0.2) is 17.5 Å². The number of hydrogen-bond acceptors (Lipinski definition) is 8. The van der Waals surface area contributed by atoms with Gasteiger partial charge in [0.05, 0.1) is 23.1 Å². The molecule has 0 N–H and O–H groups in total. The number of aryl methyl sites for hydroxylation is 2. The molecule has 0 spiro atoms. The Morgan fingerprint density at radius 3 is 2.54 bits per heavy atom. The number of ether oxygens (including phenoxy) is 1. The van der Waals surface area contributed by atoms with Crippen LogP contribution in [-0.2, 0) is 26.5 Å². The number of carbonyl (C=O) groups excluding carboxylic acids is 2. The van der Waals surface area contributed by atoms with Crippen molar-refractivity contribution in [2.75, 3.05) is 12.9 Å². The SMILES string of the molecule is CON=C1CCS(=O)(=O)c2c(F)cc(C(=O)c3c(C)nn(C)c3OC(=O)C3CCCCC3)c(C)c21. The lowest BCUT2D eigenvalue weighted by molar-refractivity contribution is -0.140. The molecule has 9 nitrogen and oxygen atoms in total. The van der Waals surface area contributed by atoms with E-state index in [1.807, 2.05) is 0 Å². The molecule has 1 fully saturated rings. The molecule has 0 radical (unpaired) electrons. The molecule has 4 rings (SSSR count). The average molecular weight is 506 g/mol. The van der Waals surface area contributed by atoms with E-state index in [4.69, 9.17) is 9.57 Å². The predicted octanol–water partition coefficient (Wildman–Crippen LogP) is 3.42. The highest BCUT2D eigenvalue weighted by Crippen LogP contribution is 2.35. The number of rotatable bonds is 5. The molecule has 1 aromatic carbocycles. The lowest BCUT2D eigenvalue weighted by Gasteiger charge is -2.22. The summed E-state index contributed by atoms with van der Waals surface area (Å²) in [6.07, 6.45) is 4.44. The first-order valence-corrected chi connectivity index (χ1v) is 13.2. The molecule has 0 amide bonds. The zero-order valence-corrected chi connectivity index (χ0v) is 21.0. The molecule has 0 atom stereocenters. The zero-order chi connectivity index (χ0) is 25.5. The maximum atomic E-state index is 15.2. The fraction of sp³-hybridized carbons (Fsp3) is 0.500. The molecule has 1 aliphatic carbocycles. The summed E-state index contributed by atoms with van der Waals surface area (Å²) in [5, 5.41) is 8.13. The standard InChI is InChI=1S/C24H28FN3O6S/c1-13-16(12-17(25)22-19(13)18(27-33-4)10-11-35(22,31)32)21(29)20-14(2)26-28(3)23(20)34-24(30)15-8-6-5-7-9-15/h12,15H,5-11H2,1-4H3. The Balaban J connectivity index is 1.81. The Morgan fingerprint density at radius 2 is 1.89 bits per heavy atom. The molecule has 0 bridgehead atoms. The van der Waals surface area contributed by atoms with Crippen LogP contribution < -0.4 is 4.74 Å². The highest BCUT2D eigenvalue weighted by atomic mass is 32.2. The normalized spacial score (nSPS) is 18.8. The Kier molecular flexibility index (Phi) is 6.81. The first kappa shape index (κ1) is 25.0. The minimum atomic E-state index is -3.90. The van der Waals surface area contributed by atoms with E-state index >= 15 is 4.39 Å². The van der Waals surface area contributed by atoms with Crippen LogP contribution in [0.15, 0.2) is 16.1 Å². The van der Waals surface area contributed by atoms with E-state index < -0.39 is 32.3 Å². The predicted molar refractivity (Wildman–Crippen MR) is 125 cm³/mol. The number of halogens is 1. The summed E-state index contributed by atoms with van der Waals surface area (Å²) in [4.78, 5) is 30.9. The Morgan fingerprint density at radius 1 is 1.20 bits per heavy atom. The van der Waals surface area contributed by atoms with E-state index in [0.717, 1.165) is 38.2 Å². The smallest absolute Gasteiger partial charge is 0.315 e. The van der Waals surface area contributed by atoms with E-state index in [1.165, 1.54) is 18.7 Å². The van der Waals surface area contributed by atoms with Crippen molar-refractivity contribution < 1.29 is 32.0 Å². The van der Waals surface area contributed by atoms with Crippen LogP contribution in [0.2, 0.25) is 0 Å². The number of aromatic nitrogens is 2. The summed E-state index contributed by atoms with van der Waals surface area (Å²) in [5.41, 5.74) is 0.799. The number of fused-ring (bicyclic) bond motifs is 1. The van der Waals surface area contributed by atoms with Crippen LogP contribution in [0.1, 0.15) is 71.3 Å². The number of nitrogens with zero attached hydrogens (tertiary/aromatic N) is 3. The number of oxime groups is 1. The maximum absolute atomic E-state index is 15.2. The second kappa shape index (κ2) is 9.52. The van der Waals surface area contributed by atoms with Gasteiger partial charge in [0.15, 0.2) is 9.84 Å². The fourth-order valence-electron chi connectivity index (χ4n) is 4.94. The minimum Gasteiger partial charge on any atom is -0.407 e. The van der Waals surface area contributed by atoms with E-state index in [2.05, 4.69) is 10.3 Å². The molecule has 1 aromatic heterocycles. The van der Waals surface area contributed by atoms with Crippen molar-refractivity contribution in [1.82, 2.24) is 9.78 Å². The first-order valence-electron chi connectivity index (χ1n) is 11.5. The Labute approximate surface area is 203 Å². The van der Waals surface area contributed by atoms with Gasteiger partial charge in [0.2, 0.25) is 11.7 Å². The number of carbonyl (C=O) groups is 2. The van der Waals surface area contributed by atoms with Gasteiger partial charge in [0, 0.05) is 24.6 Å². The molecule has 1 aliphatic heterocycles. The van der Waals surface area contributed by atoms with Crippen LogP contribution in [0.4, 0.5) is 4.39 Å². The van der Waals surface area contributed by atoms with Gasteiger partial charge < -0.3 is 9.57 Å². The summed E-state index contributed by atoms with van der Waals surface area (Å²) in [6.45, 7) is 3.13. The highest BCUT2D eigenvalue weighted by molar-refractivity contribution is 7.91. The van der Waals surface area contributed by atoms with Crippen molar-refractivity contribution >= 4 is 27.3 Å². The van der Waals surface area contributed by atoms with Gasteiger partial charge >= 0.3 is 5.97 Å².